The van der Waals surface area contributed by atoms with Crippen molar-refractivity contribution in [3.05, 3.63) is 12.2 Å². The molecule has 0 fully saturated rings. The van der Waals surface area contributed by atoms with Crippen molar-refractivity contribution in [1.82, 2.24) is 0 Å². The normalized spacial score (nSPS) is 12.9. The molecular weight excluding hydrogens is 343 g/mol. The largest absolute Gasteiger partial charge is 2.00 e. The Hall–Kier alpha value is 1.61. The third kappa shape index (κ3) is 31.7. The predicted molar refractivity (Wildman–Crippen MR) is 46.7 cm³/mol. The molecule has 0 aliphatic carbocycles. The average molecular weight is 353 g/mol. The van der Waals surface area contributed by atoms with Gasteiger partial charge in [0.05, 0.1) is 6.61 Å². The van der Waals surface area contributed by atoms with Crippen LogP contribution in [-0.4, -0.2) is 60.6 Å². The molecule has 0 spiro atoms. The van der Waals surface area contributed by atoms with E-state index in [0.29, 0.717) is 0 Å². The van der Waals surface area contributed by atoms with E-state index in [9.17, 15) is 18.9 Å². The van der Waals surface area contributed by atoms with Gasteiger partial charge in [0.15, 0.2) is 0 Å². The Morgan fingerprint density at radius 1 is 1.46 bits per heavy atom. The average Bonchev–Trinajstić information content (AvgIpc) is 1.85. The quantitative estimate of drug-likeness (QED) is 0.383. The molecule has 0 amide bonds. The van der Waals surface area contributed by atoms with E-state index in [0.717, 1.165) is 5.57 Å². The van der Waals surface area contributed by atoms with E-state index in [4.69, 9.17) is 5.11 Å². The molecule has 2 atom stereocenters. The predicted octanol–water partition coefficient (Wildman–Crippen LogP) is -1.32. The minimum absolute atomic E-state index is 0. The summed E-state index contributed by atoms with van der Waals surface area (Å²) in [5.41, 5.74) is 0.810. The monoisotopic (exact) mass is 354 g/mol. The van der Waals surface area contributed by atoms with E-state index in [1.165, 1.54) is 0 Å². The molecule has 0 rings (SSSR count). The molecule has 0 aromatic heterocycles. The zero-order valence-corrected chi connectivity index (χ0v) is 13.6. The van der Waals surface area contributed by atoms with Crippen molar-refractivity contribution < 1.29 is 28.3 Å². The van der Waals surface area contributed by atoms with Gasteiger partial charge in [-0.3, -0.25) is 4.31 Å². The molecule has 0 radical (unpaired) electrons. The minimum atomic E-state index is -3.51. The van der Waals surface area contributed by atoms with Crippen LogP contribution in [0, 0.1) is 0 Å². The molecule has 0 aliphatic heterocycles. The molecular formula is C4H10BaO6P2. The second kappa shape index (κ2) is 13.6. The van der Waals surface area contributed by atoms with Gasteiger partial charge in [0.1, 0.15) is 16.5 Å². The van der Waals surface area contributed by atoms with Crippen LogP contribution in [0.5, 0.6) is 0 Å². The summed E-state index contributed by atoms with van der Waals surface area (Å²) in [6.45, 7) is 5.31. The van der Waals surface area contributed by atoms with E-state index in [-0.39, 0.29) is 55.5 Å². The van der Waals surface area contributed by atoms with Crippen LogP contribution in [0.4, 0.5) is 0 Å². The van der Waals surface area contributed by atoms with E-state index >= 15 is 0 Å². The third-order valence-electron chi connectivity index (χ3n) is 0.437. The molecule has 1 N–H and O–H groups in total. The molecule has 0 aromatic carbocycles. The van der Waals surface area contributed by atoms with Gasteiger partial charge in [-0.1, -0.05) is 12.2 Å². The van der Waals surface area contributed by atoms with Crippen LogP contribution in [0.15, 0.2) is 12.2 Å². The SMILES string of the molecule is C=C(C)CO.O=[PH]([O-])O[PH](=O)[O-].[Ba+2]. The molecule has 0 aromatic rings. The van der Waals surface area contributed by atoms with Crippen LogP contribution in [-0.2, 0) is 13.4 Å². The molecule has 0 saturated heterocycles. The van der Waals surface area contributed by atoms with Crippen molar-refractivity contribution in [2.75, 3.05) is 6.61 Å². The van der Waals surface area contributed by atoms with E-state index < -0.39 is 16.5 Å². The van der Waals surface area contributed by atoms with Gasteiger partial charge in [0.25, 0.3) is 0 Å². The molecule has 13 heavy (non-hydrogen) atoms. The van der Waals surface area contributed by atoms with Crippen LogP contribution in [0.25, 0.3) is 0 Å². The molecule has 9 heteroatoms. The second-order valence-electron chi connectivity index (χ2n) is 1.72. The van der Waals surface area contributed by atoms with E-state index in [2.05, 4.69) is 10.9 Å². The Balaban J connectivity index is -0.000000150. The van der Waals surface area contributed by atoms with Crippen molar-refractivity contribution in [2.45, 2.75) is 6.92 Å². The van der Waals surface area contributed by atoms with Crippen molar-refractivity contribution in [1.29, 1.82) is 0 Å². The van der Waals surface area contributed by atoms with Gasteiger partial charge in [-0.2, -0.15) is 0 Å². The molecule has 6 nitrogen and oxygen atoms in total. The Bertz CT molecular complexity index is 171. The summed E-state index contributed by atoms with van der Waals surface area (Å²) < 4.78 is 21.8. The van der Waals surface area contributed by atoms with Gasteiger partial charge in [0.2, 0.25) is 0 Å². The summed E-state index contributed by atoms with van der Waals surface area (Å²) in [4.78, 5) is 18.6. The summed E-state index contributed by atoms with van der Waals surface area (Å²) >= 11 is 0. The first-order valence-electron chi connectivity index (χ1n) is 2.75. The molecule has 0 heterocycles. The van der Waals surface area contributed by atoms with Gasteiger partial charge < -0.3 is 24.0 Å². The van der Waals surface area contributed by atoms with Crippen molar-refractivity contribution in [2.24, 2.45) is 0 Å². The number of hydrogen-bond donors (Lipinski definition) is 1. The Morgan fingerprint density at radius 2 is 1.69 bits per heavy atom. The standard InChI is InChI=1S/C4H8O.Ba.H4O5P2/c1-4(2)3-5;;1-6(2)5-7(3)4/h5H,1,3H2,2H3;;6-7H,(H,1,2)(H,3,4)/q;+2;/p-2. The zero-order chi connectivity index (χ0) is 10.1. The number of aliphatic hydroxyl groups excluding tert-OH is 1. The van der Waals surface area contributed by atoms with Gasteiger partial charge in [-0.05, 0) is 6.92 Å². The molecule has 0 aliphatic rings. The van der Waals surface area contributed by atoms with Gasteiger partial charge in [-0.25, -0.2) is 0 Å². The maximum Gasteiger partial charge on any atom is 2.00 e. The summed E-state index contributed by atoms with van der Waals surface area (Å²) in [7, 11) is -7.03. The molecule has 2 unspecified atom stereocenters. The van der Waals surface area contributed by atoms with Crippen molar-refractivity contribution >= 4 is 65.4 Å². The van der Waals surface area contributed by atoms with Gasteiger partial charge in [-0.15, -0.1) is 0 Å². The second-order valence-corrected chi connectivity index (χ2v) is 3.53. The van der Waals surface area contributed by atoms with Crippen LogP contribution in [0.3, 0.4) is 0 Å². The van der Waals surface area contributed by atoms with E-state index in [1.807, 2.05) is 0 Å². The molecule has 0 bridgehead atoms. The van der Waals surface area contributed by atoms with E-state index in [1.54, 1.807) is 6.92 Å². The number of aliphatic hydroxyl groups is 1. The first-order chi connectivity index (χ1) is 5.40. The minimum Gasteiger partial charge on any atom is -0.781 e. The van der Waals surface area contributed by atoms with Crippen LogP contribution in [0.2, 0.25) is 0 Å². The van der Waals surface area contributed by atoms with Crippen molar-refractivity contribution in [3.8, 4) is 0 Å². The summed E-state index contributed by atoms with van der Waals surface area (Å²) in [5.74, 6) is 0. The topological polar surface area (TPSA) is 110 Å². The molecule has 74 valence electrons. The summed E-state index contributed by atoms with van der Waals surface area (Å²) in [5, 5.41) is 8.04. The van der Waals surface area contributed by atoms with Gasteiger partial charge >= 0.3 is 48.9 Å². The van der Waals surface area contributed by atoms with Crippen molar-refractivity contribution in [3.63, 3.8) is 0 Å². The summed E-state index contributed by atoms with van der Waals surface area (Å²) in [6.07, 6.45) is 0. The smallest absolute Gasteiger partial charge is 0.781 e. The van der Waals surface area contributed by atoms with Crippen LogP contribution in [0.1, 0.15) is 6.92 Å². The maximum atomic E-state index is 9.29. The Morgan fingerprint density at radius 3 is 1.69 bits per heavy atom. The fourth-order valence-electron chi connectivity index (χ4n) is 0.0680. The van der Waals surface area contributed by atoms with Gasteiger partial charge in [0, 0.05) is 0 Å². The van der Waals surface area contributed by atoms with Crippen LogP contribution >= 0.6 is 16.5 Å². The summed E-state index contributed by atoms with van der Waals surface area (Å²) in [6, 6.07) is 0. The first kappa shape index (κ1) is 20.1. The fraction of sp³-hybridized carbons (Fsp3) is 0.500. The Kier molecular flexibility index (Phi) is 21.0. The first-order valence-corrected chi connectivity index (χ1v) is 5.20. The fourth-order valence-corrected chi connectivity index (χ4v) is 0.612. The maximum absolute atomic E-state index is 9.29. The zero-order valence-electron chi connectivity index (χ0n) is 7.11. The number of hydrogen-bond acceptors (Lipinski definition) is 6. The van der Waals surface area contributed by atoms with Crippen LogP contribution < -0.4 is 9.79 Å². The Labute approximate surface area is 118 Å². The third-order valence-corrected chi connectivity index (χ3v) is 1.77. The number of rotatable bonds is 3. The molecule has 0 saturated carbocycles.